The summed E-state index contributed by atoms with van der Waals surface area (Å²) in [4.78, 5) is 10.2. The first-order valence-electron chi connectivity index (χ1n) is 6.18. The van der Waals surface area contributed by atoms with Gasteiger partial charge in [0.05, 0.1) is 4.92 Å². The van der Waals surface area contributed by atoms with Crippen LogP contribution in [0.1, 0.15) is 13.8 Å². The lowest BCUT2D eigenvalue weighted by Gasteiger charge is -2.11. The van der Waals surface area contributed by atoms with Crippen molar-refractivity contribution in [3.8, 4) is 0 Å². The van der Waals surface area contributed by atoms with Crippen molar-refractivity contribution in [2.45, 2.75) is 24.8 Å². The molecule has 20 heavy (non-hydrogen) atoms. The second kappa shape index (κ2) is 6.67. The predicted octanol–water partition coefficient (Wildman–Crippen LogP) is 1.41. The van der Waals surface area contributed by atoms with Crippen molar-refractivity contribution in [2.24, 2.45) is 0 Å². The molecule has 112 valence electrons. The molecule has 0 saturated carbocycles. The normalized spacial score (nSPS) is 11.6. The Balaban J connectivity index is 2.99. The van der Waals surface area contributed by atoms with Gasteiger partial charge in [0.1, 0.15) is 10.6 Å². The van der Waals surface area contributed by atoms with Crippen LogP contribution < -0.4 is 10.6 Å². The van der Waals surface area contributed by atoms with E-state index in [1.165, 1.54) is 18.2 Å². The van der Waals surface area contributed by atoms with E-state index >= 15 is 0 Å². The van der Waals surface area contributed by atoms with Crippen LogP contribution in [-0.4, -0.2) is 38.7 Å². The Kier molecular flexibility index (Phi) is 5.46. The molecule has 2 N–H and O–H groups in total. The lowest BCUT2D eigenvalue weighted by atomic mass is 10.2. The van der Waals surface area contributed by atoms with Crippen molar-refractivity contribution in [1.82, 2.24) is 5.32 Å². The third-order valence-corrected chi connectivity index (χ3v) is 3.70. The first kappa shape index (κ1) is 16.4. The molecule has 0 saturated heterocycles. The first-order chi connectivity index (χ1) is 9.23. The van der Waals surface area contributed by atoms with E-state index in [9.17, 15) is 18.5 Å². The predicted molar refractivity (Wildman–Crippen MR) is 77.8 cm³/mol. The minimum absolute atomic E-state index is 0.212. The van der Waals surface area contributed by atoms with E-state index in [4.69, 9.17) is 0 Å². The molecule has 1 aromatic rings. The van der Waals surface area contributed by atoms with Gasteiger partial charge in [-0.05, 0) is 12.1 Å². The number of hydrogen-bond donors (Lipinski definition) is 2. The van der Waals surface area contributed by atoms with E-state index in [1.54, 1.807) is 0 Å². The maximum absolute atomic E-state index is 11.6. The highest BCUT2D eigenvalue weighted by atomic mass is 32.2. The maximum atomic E-state index is 11.6. The Morgan fingerprint density at radius 1 is 1.30 bits per heavy atom. The number of sulfone groups is 1. The number of benzene rings is 1. The quantitative estimate of drug-likeness (QED) is 0.448. The van der Waals surface area contributed by atoms with Crippen LogP contribution in [-0.2, 0) is 9.84 Å². The van der Waals surface area contributed by atoms with Gasteiger partial charge in [-0.25, -0.2) is 8.42 Å². The zero-order valence-corrected chi connectivity index (χ0v) is 12.5. The number of rotatable bonds is 7. The Morgan fingerprint density at radius 3 is 2.45 bits per heavy atom. The average Bonchev–Trinajstić information content (AvgIpc) is 2.32. The molecular formula is C12H19N3O4S. The molecule has 0 aliphatic rings. The molecule has 0 aliphatic carbocycles. The molecule has 0 aromatic heterocycles. The monoisotopic (exact) mass is 301 g/mol. The summed E-state index contributed by atoms with van der Waals surface area (Å²) in [7, 11) is -3.64. The second-order valence-electron chi connectivity index (χ2n) is 4.72. The van der Waals surface area contributed by atoms with Crippen LogP contribution in [0, 0.1) is 10.1 Å². The minimum Gasteiger partial charge on any atom is -0.378 e. The molecule has 0 heterocycles. The van der Waals surface area contributed by atoms with Gasteiger partial charge >= 0.3 is 5.69 Å². The highest BCUT2D eigenvalue weighted by Crippen LogP contribution is 2.31. The van der Waals surface area contributed by atoms with Gasteiger partial charge in [0.25, 0.3) is 0 Å². The SMILES string of the molecule is CC(C)NCCNc1cccc(S(C)(=O)=O)c1[N+](=O)[O-]. The highest BCUT2D eigenvalue weighted by Gasteiger charge is 2.25. The fraction of sp³-hybridized carbons (Fsp3) is 0.500. The van der Waals surface area contributed by atoms with Gasteiger partial charge in [-0.3, -0.25) is 10.1 Å². The van der Waals surface area contributed by atoms with Crippen LogP contribution in [0.3, 0.4) is 0 Å². The van der Waals surface area contributed by atoms with Gasteiger partial charge in [-0.1, -0.05) is 19.9 Å². The number of hydrogen-bond acceptors (Lipinski definition) is 6. The van der Waals surface area contributed by atoms with Crippen LogP contribution in [0.15, 0.2) is 23.1 Å². The largest absolute Gasteiger partial charge is 0.378 e. The van der Waals surface area contributed by atoms with E-state index < -0.39 is 20.4 Å². The molecule has 0 fully saturated rings. The number of anilines is 1. The third-order valence-electron chi connectivity index (χ3n) is 2.57. The fourth-order valence-corrected chi connectivity index (χ4v) is 2.57. The molecule has 0 unspecified atom stereocenters. The van der Waals surface area contributed by atoms with Crippen molar-refractivity contribution in [2.75, 3.05) is 24.7 Å². The molecule has 7 nitrogen and oxygen atoms in total. The summed E-state index contributed by atoms with van der Waals surface area (Å²) in [5, 5.41) is 17.2. The highest BCUT2D eigenvalue weighted by molar-refractivity contribution is 7.90. The molecular weight excluding hydrogens is 282 g/mol. The van der Waals surface area contributed by atoms with E-state index in [0.29, 0.717) is 19.1 Å². The lowest BCUT2D eigenvalue weighted by Crippen LogP contribution is -2.28. The van der Waals surface area contributed by atoms with Crippen molar-refractivity contribution in [1.29, 1.82) is 0 Å². The molecule has 0 atom stereocenters. The van der Waals surface area contributed by atoms with Crippen molar-refractivity contribution >= 4 is 21.2 Å². The summed E-state index contributed by atoms with van der Waals surface area (Å²) >= 11 is 0. The summed E-state index contributed by atoms with van der Waals surface area (Å²) in [5.74, 6) is 0. The van der Waals surface area contributed by atoms with Gasteiger partial charge in [0, 0.05) is 25.4 Å². The maximum Gasteiger partial charge on any atom is 0.310 e. The average molecular weight is 301 g/mol. The number of nitro benzene ring substituents is 1. The van der Waals surface area contributed by atoms with E-state index in [0.717, 1.165) is 6.26 Å². The Hall–Kier alpha value is -1.67. The molecule has 0 radical (unpaired) electrons. The zero-order valence-electron chi connectivity index (χ0n) is 11.7. The van der Waals surface area contributed by atoms with Gasteiger partial charge in [0.15, 0.2) is 9.84 Å². The summed E-state index contributed by atoms with van der Waals surface area (Å²) in [6, 6.07) is 4.54. The van der Waals surface area contributed by atoms with E-state index in [-0.39, 0.29) is 10.6 Å². The Morgan fingerprint density at radius 2 is 1.95 bits per heavy atom. The fourth-order valence-electron chi connectivity index (χ4n) is 1.71. The smallest absolute Gasteiger partial charge is 0.310 e. The van der Waals surface area contributed by atoms with Crippen LogP contribution in [0.5, 0.6) is 0 Å². The summed E-state index contributed by atoms with van der Waals surface area (Å²) in [6.07, 6.45) is 0.958. The number of para-hydroxylation sites is 1. The molecule has 1 aromatic carbocycles. The van der Waals surface area contributed by atoms with Crippen LogP contribution >= 0.6 is 0 Å². The van der Waals surface area contributed by atoms with Crippen LogP contribution in [0.2, 0.25) is 0 Å². The number of nitrogens with one attached hydrogen (secondary N) is 2. The minimum atomic E-state index is -3.64. The van der Waals surface area contributed by atoms with E-state index in [2.05, 4.69) is 10.6 Å². The Bertz CT molecular complexity index is 584. The van der Waals surface area contributed by atoms with Crippen LogP contribution in [0.4, 0.5) is 11.4 Å². The van der Waals surface area contributed by atoms with Crippen molar-refractivity contribution in [3.05, 3.63) is 28.3 Å². The summed E-state index contributed by atoms with van der Waals surface area (Å²) in [6.45, 7) is 5.07. The molecule has 1 rings (SSSR count). The molecule has 0 amide bonds. The van der Waals surface area contributed by atoms with Crippen molar-refractivity contribution < 1.29 is 13.3 Å². The molecule has 8 heteroatoms. The van der Waals surface area contributed by atoms with Crippen LogP contribution in [0.25, 0.3) is 0 Å². The summed E-state index contributed by atoms with van der Waals surface area (Å²) < 4.78 is 23.2. The standard InChI is InChI=1S/C12H19N3O4S/c1-9(2)13-7-8-14-10-5-4-6-11(20(3,18)19)12(10)15(16)17/h4-6,9,13-14H,7-8H2,1-3H3. The van der Waals surface area contributed by atoms with E-state index in [1.807, 2.05) is 13.8 Å². The van der Waals surface area contributed by atoms with Gasteiger partial charge in [-0.15, -0.1) is 0 Å². The number of nitrogens with zero attached hydrogens (tertiary/aromatic N) is 1. The number of nitro groups is 1. The molecule has 0 spiro atoms. The lowest BCUT2D eigenvalue weighted by molar-refractivity contribution is -0.386. The second-order valence-corrected chi connectivity index (χ2v) is 6.70. The topological polar surface area (TPSA) is 101 Å². The van der Waals surface area contributed by atoms with Crippen molar-refractivity contribution in [3.63, 3.8) is 0 Å². The van der Waals surface area contributed by atoms with Gasteiger partial charge in [-0.2, -0.15) is 0 Å². The summed E-state index contributed by atoms with van der Waals surface area (Å²) in [5.41, 5.74) is -0.192. The Labute approximate surface area is 118 Å². The van der Waals surface area contributed by atoms with Gasteiger partial charge in [0.2, 0.25) is 0 Å². The van der Waals surface area contributed by atoms with Gasteiger partial charge < -0.3 is 10.6 Å². The first-order valence-corrected chi connectivity index (χ1v) is 8.07. The zero-order chi connectivity index (χ0) is 15.3. The molecule has 0 bridgehead atoms. The molecule has 0 aliphatic heterocycles. The third kappa shape index (κ3) is 4.46.